The SMILES string of the molecule is C#Cc1ccc(CC(N)c2csc(Nc3ncccn3)n2)cc1. The lowest BCUT2D eigenvalue weighted by molar-refractivity contribution is 0.702. The Labute approximate surface area is 138 Å². The van der Waals surface area contributed by atoms with E-state index in [2.05, 4.69) is 26.2 Å². The summed E-state index contributed by atoms with van der Waals surface area (Å²) >= 11 is 1.48. The van der Waals surface area contributed by atoms with Gasteiger partial charge in [-0.2, -0.15) is 0 Å². The summed E-state index contributed by atoms with van der Waals surface area (Å²) in [5.41, 5.74) is 9.09. The van der Waals surface area contributed by atoms with Crippen LogP contribution in [0.3, 0.4) is 0 Å². The molecule has 0 aliphatic rings. The summed E-state index contributed by atoms with van der Waals surface area (Å²) in [6.07, 6.45) is 9.41. The summed E-state index contributed by atoms with van der Waals surface area (Å²) in [4.78, 5) is 12.7. The second-order valence-corrected chi connectivity index (χ2v) is 5.78. The fourth-order valence-corrected chi connectivity index (χ4v) is 2.84. The van der Waals surface area contributed by atoms with E-state index >= 15 is 0 Å². The Morgan fingerprint density at radius 2 is 1.96 bits per heavy atom. The maximum Gasteiger partial charge on any atom is 0.228 e. The van der Waals surface area contributed by atoms with E-state index in [-0.39, 0.29) is 6.04 Å². The van der Waals surface area contributed by atoms with Crippen molar-refractivity contribution in [1.82, 2.24) is 15.0 Å². The fourth-order valence-electron chi connectivity index (χ4n) is 2.07. The number of rotatable bonds is 5. The number of nitrogens with one attached hydrogen (secondary N) is 1. The van der Waals surface area contributed by atoms with Crippen LogP contribution in [0.15, 0.2) is 48.1 Å². The quantitative estimate of drug-likeness (QED) is 0.707. The normalized spacial score (nSPS) is 11.7. The predicted octanol–water partition coefficient (Wildman–Crippen LogP) is 2.90. The Kier molecular flexibility index (Phi) is 4.62. The summed E-state index contributed by atoms with van der Waals surface area (Å²) in [5, 5.41) is 5.74. The highest BCUT2D eigenvalue weighted by molar-refractivity contribution is 7.13. The van der Waals surface area contributed by atoms with E-state index in [4.69, 9.17) is 12.2 Å². The molecule has 0 radical (unpaired) electrons. The van der Waals surface area contributed by atoms with Gasteiger partial charge in [0.15, 0.2) is 5.13 Å². The molecule has 2 heterocycles. The highest BCUT2D eigenvalue weighted by Crippen LogP contribution is 2.23. The summed E-state index contributed by atoms with van der Waals surface area (Å²) in [7, 11) is 0. The molecular weight excluding hydrogens is 306 g/mol. The van der Waals surface area contributed by atoms with E-state index in [1.165, 1.54) is 11.3 Å². The molecule has 0 saturated heterocycles. The van der Waals surface area contributed by atoms with E-state index < -0.39 is 0 Å². The number of aromatic nitrogens is 3. The van der Waals surface area contributed by atoms with E-state index in [9.17, 15) is 0 Å². The molecule has 5 nitrogen and oxygen atoms in total. The average molecular weight is 321 g/mol. The summed E-state index contributed by atoms with van der Waals surface area (Å²) in [6.45, 7) is 0. The highest BCUT2D eigenvalue weighted by atomic mass is 32.1. The Morgan fingerprint density at radius 3 is 2.65 bits per heavy atom. The van der Waals surface area contributed by atoms with Crippen LogP contribution in [0.4, 0.5) is 11.1 Å². The molecule has 0 bridgehead atoms. The molecule has 3 N–H and O–H groups in total. The van der Waals surface area contributed by atoms with Crippen molar-refractivity contribution in [3.8, 4) is 12.3 Å². The van der Waals surface area contributed by atoms with E-state index in [0.717, 1.165) is 22.0 Å². The zero-order valence-corrected chi connectivity index (χ0v) is 13.1. The molecule has 0 saturated carbocycles. The molecule has 0 aliphatic carbocycles. The zero-order chi connectivity index (χ0) is 16.1. The van der Waals surface area contributed by atoms with Crippen LogP contribution in [-0.2, 0) is 6.42 Å². The van der Waals surface area contributed by atoms with Crippen LogP contribution < -0.4 is 11.1 Å². The summed E-state index contributed by atoms with van der Waals surface area (Å²) in [5.74, 6) is 3.12. The molecule has 3 aromatic rings. The van der Waals surface area contributed by atoms with Crippen LogP contribution in [0, 0.1) is 12.3 Å². The minimum atomic E-state index is -0.171. The second kappa shape index (κ2) is 7.01. The van der Waals surface area contributed by atoms with E-state index in [0.29, 0.717) is 12.4 Å². The van der Waals surface area contributed by atoms with Gasteiger partial charge in [-0.25, -0.2) is 15.0 Å². The molecule has 6 heteroatoms. The maximum atomic E-state index is 6.25. The number of hydrogen-bond donors (Lipinski definition) is 2. The van der Waals surface area contributed by atoms with Gasteiger partial charge >= 0.3 is 0 Å². The van der Waals surface area contributed by atoms with Crippen LogP contribution in [-0.4, -0.2) is 15.0 Å². The van der Waals surface area contributed by atoms with Gasteiger partial charge in [0.25, 0.3) is 0 Å². The smallest absolute Gasteiger partial charge is 0.228 e. The maximum absolute atomic E-state index is 6.25. The third kappa shape index (κ3) is 3.92. The molecule has 1 unspecified atom stereocenters. The lowest BCUT2D eigenvalue weighted by Gasteiger charge is -2.09. The van der Waals surface area contributed by atoms with Crippen molar-refractivity contribution in [3.63, 3.8) is 0 Å². The minimum absolute atomic E-state index is 0.171. The Balaban J connectivity index is 1.66. The Bertz CT molecular complexity index is 805. The largest absolute Gasteiger partial charge is 0.322 e. The van der Waals surface area contributed by atoms with Crippen molar-refractivity contribution in [3.05, 3.63) is 64.9 Å². The van der Waals surface area contributed by atoms with Crippen molar-refractivity contribution in [2.75, 3.05) is 5.32 Å². The van der Waals surface area contributed by atoms with Gasteiger partial charge in [0.05, 0.1) is 11.7 Å². The van der Waals surface area contributed by atoms with Gasteiger partial charge in [0.2, 0.25) is 5.95 Å². The molecule has 2 aromatic heterocycles. The monoisotopic (exact) mass is 321 g/mol. The van der Waals surface area contributed by atoms with E-state index in [1.807, 2.05) is 29.6 Å². The van der Waals surface area contributed by atoms with Crippen molar-refractivity contribution in [1.29, 1.82) is 0 Å². The van der Waals surface area contributed by atoms with Crippen molar-refractivity contribution in [2.24, 2.45) is 5.73 Å². The van der Waals surface area contributed by atoms with Crippen LogP contribution in [0.5, 0.6) is 0 Å². The first-order valence-electron chi connectivity index (χ1n) is 7.05. The number of terminal acetylenes is 1. The number of anilines is 2. The van der Waals surface area contributed by atoms with Crippen LogP contribution in [0.2, 0.25) is 0 Å². The Hall–Kier alpha value is -2.75. The molecule has 3 rings (SSSR count). The highest BCUT2D eigenvalue weighted by Gasteiger charge is 2.12. The second-order valence-electron chi connectivity index (χ2n) is 4.93. The van der Waals surface area contributed by atoms with Crippen molar-refractivity contribution in [2.45, 2.75) is 12.5 Å². The van der Waals surface area contributed by atoms with Gasteiger partial charge in [-0.3, -0.25) is 0 Å². The molecule has 0 spiro atoms. The number of thiazole rings is 1. The zero-order valence-electron chi connectivity index (χ0n) is 12.3. The molecule has 114 valence electrons. The molecule has 0 aliphatic heterocycles. The molecule has 0 amide bonds. The van der Waals surface area contributed by atoms with Gasteiger partial charge in [-0.1, -0.05) is 18.1 Å². The molecule has 23 heavy (non-hydrogen) atoms. The molecular formula is C17H15N5S. The number of benzene rings is 1. The van der Waals surface area contributed by atoms with E-state index in [1.54, 1.807) is 18.5 Å². The standard InChI is InChI=1S/C17H15N5S/c1-2-12-4-6-13(7-5-12)10-14(18)15-11-23-17(21-15)22-16-19-8-3-9-20-16/h1,3-9,11,14H,10,18H2,(H,19,20,21,22). The lowest BCUT2D eigenvalue weighted by Crippen LogP contribution is -2.13. The van der Waals surface area contributed by atoms with Gasteiger partial charge in [-0.05, 0) is 30.2 Å². The summed E-state index contributed by atoms with van der Waals surface area (Å²) in [6, 6.07) is 9.43. The molecule has 1 atom stereocenters. The van der Waals surface area contributed by atoms with Gasteiger partial charge in [0.1, 0.15) is 0 Å². The molecule has 1 aromatic carbocycles. The topological polar surface area (TPSA) is 76.7 Å². The first-order valence-corrected chi connectivity index (χ1v) is 7.93. The Morgan fingerprint density at radius 1 is 1.22 bits per heavy atom. The number of nitrogens with zero attached hydrogens (tertiary/aromatic N) is 3. The number of nitrogens with two attached hydrogens (primary N) is 1. The first-order chi connectivity index (χ1) is 11.2. The van der Waals surface area contributed by atoms with Crippen LogP contribution in [0.25, 0.3) is 0 Å². The predicted molar refractivity (Wildman–Crippen MR) is 92.4 cm³/mol. The first kappa shape index (κ1) is 15.2. The number of hydrogen-bond acceptors (Lipinski definition) is 6. The van der Waals surface area contributed by atoms with Crippen molar-refractivity contribution >= 4 is 22.4 Å². The van der Waals surface area contributed by atoms with Crippen LogP contribution >= 0.6 is 11.3 Å². The molecule has 0 fully saturated rings. The average Bonchev–Trinajstić information content (AvgIpc) is 3.05. The fraction of sp³-hybridized carbons (Fsp3) is 0.118. The summed E-state index contributed by atoms with van der Waals surface area (Å²) < 4.78 is 0. The van der Waals surface area contributed by atoms with Crippen LogP contribution in [0.1, 0.15) is 22.9 Å². The van der Waals surface area contributed by atoms with Crippen molar-refractivity contribution < 1.29 is 0 Å². The van der Waals surface area contributed by atoms with Gasteiger partial charge in [-0.15, -0.1) is 17.8 Å². The third-order valence-corrected chi connectivity index (χ3v) is 4.04. The van der Waals surface area contributed by atoms with Gasteiger partial charge in [0, 0.05) is 23.3 Å². The lowest BCUT2D eigenvalue weighted by atomic mass is 10.0. The minimum Gasteiger partial charge on any atom is -0.322 e. The third-order valence-electron chi connectivity index (χ3n) is 3.26. The van der Waals surface area contributed by atoms with Gasteiger partial charge < -0.3 is 11.1 Å².